The number of hydrogen-bond donors (Lipinski definition) is 0. The summed E-state index contributed by atoms with van der Waals surface area (Å²) < 4.78 is 7.27. The normalized spacial score (nSPS) is 20.8. The average Bonchev–Trinajstić information content (AvgIpc) is 3.31. The van der Waals surface area contributed by atoms with Crippen molar-refractivity contribution in [1.82, 2.24) is 0 Å². The molecule has 1 unspecified atom stereocenters. The second-order valence-corrected chi connectivity index (χ2v) is 8.58. The molecular formula is C23H28BrClO. The molecule has 1 saturated carbocycles. The predicted octanol–water partition coefficient (Wildman–Crippen LogP) is 7.54. The van der Waals surface area contributed by atoms with Crippen LogP contribution in [0.1, 0.15) is 68.6 Å². The van der Waals surface area contributed by atoms with Gasteiger partial charge in [-0.1, -0.05) is 78.5 Å². The van der Waals surface area contributed by atoms with Gasteiger partial charge in [-0.3, -0.25) is 0 Å². The standard InChI is InChI=1S/C21H22BrClO.C2H6/c22-19-7-8-20(23)17(12-19)11-15-3-5-16(6-4-15)18-13-21(24-14-18)9-1-2-10-21;1-2/h3-8,12,18H,1-2,9-11,13-14H2;1-2H3. The van der Waals surface area contributed by atoms with E-state index in [1.54, 1.807) is 0 Å². The van der Waals surface area contributed by atoms with Crippen LogP contribution in [0.3, 0.4) is 0 Å². The van der Waals surface area contributed by atoms with Gasteiger partial charge in [-0.05, 0) is 60.6 Å². The molecule has 2 fully saturated rings. The Kier molecular flexibility index (Phi) is 6.82. The van der Waals surface area contributed by atoms with Crippen molar-refractivity contribution < 1.29 is 4.74 Å². The number of ether oxygens (including phenoxy) is 1. The SMILES string of the molecule is CC.Clc1ccc(Br)cc1Cc1ccc(C2COC3(CCCC3)C2)cc1. The first-order chi connectivity index (χ1) is 12.6. The first-order valence-electron chi connectivity index (χ1n) is 9.80. The van der Waals surface area contributed by atoms with E-state index in [0.29, 0.717) is 5.92 Å². The van der Waals surface area contributed by atoms with Gasteiger partial charge in [-0.25, -0.2) is 0 Å². The lowest BCUT2D eigenvalue weighted by Crippen LogP contribution is -2.22. The second kappa shape index (κ2) is 8.91. The zero-order valence-corrected chi connectivity index (χ0v) is 18.1. The van der Waals surface area contributed by atoms with E-state index in [4.69, 9.17) is 16.3 Å². The zero-order chi connectivity index (χ0) is 18.6. The van der Waals surface area contributed by atoms with E-state index in [1.807, 2.05) is 26.0 Å². The highest BCUT2D eigenvalue weighted by molar-refractivity contribution is 9.10. The largest absolute Gasteiger partial charge is 0.374 e. The molecule has 1 nitrogen and oxygen atoms in total. The van der Waals surface area contributed by atoms with Crippen molar-refractivity contribution in [1.29, 1.82) is 0 Å². The van der Waals surface area contributed by atoms with Gasteiger partial charge in [0.2, 0.25) is 0 Å². The van der Waals surface area contributed by atoms with Gasteiger partial charge in [0.05, 0.1) is 12.2 Å². The molecule has 1 aliphatic heterocycles. The van der Waals surface area contributed by atoms with Crippen LogP contribution in [-0.2, 0) is 11.2 Å². The summed E-state index contributed by atoms with van der Waals surface area (Å²) in [6.07, 6.45) is 7.23. The summed E-state index contributed by atoms with van der Waals surface area (Å²) in [4.78, 5) is 0. The molecule has 2 aliphatic rings. The third-order valence-corrected chi connectivity index (χ3v) is 6.44. The van der Waals surface area contributed by atoms with Crippen LogP contribution in [0.4, 0.5) is 0 Å². The molecule has 1 spiro atoms. The molecule has 26 heavy (non-hydrogen) atoms. The van der Waals surface area contributed by atoms with Gasteiger partial charge in [0.1, 0.15) is 0 Å². The summed E-state index contributed by atoms with van der Waals surface area (Å²) in [6, 6.07) is 15.1. The Labute approximate surface area is 171 Å². The molecule has 0 amide bonds. The Morgan fingerprint density at radius 1 is 1.08 bits per heavy atom. The molecule has 4 rings (SSSR count). The van der Waals surface area contributed by atoms with Crippen molar-refractivity contribution in [3.05, 3.63) is 68.7 Å². The van der Waals surface area contributed by atoms with Crippen LogP contribution in [0.2, 0.25) is 5.02 Å². The highest BCUT2D eigenvalue weighted by atomic mass is 79.9. The van der Waals surface area contributed by atoms with Crippen LogP contribution in [0, 0.1) is 0 Å². The lowest BCUT2D eigenvalue weighted by Gasteiger charge is -2.21. The van der Waals surface area contributed by atoms with E-state index < -0.39 is 0 Å². The van der Waals surface area contributed by atoms with Gasteiger partial charge in [-0.2, -0.15) is 0 Å². The first kappa shape index (κ1) is 19.9. The zero-order valence-electron chi connectivity index (χ0n) is 15.7. The summed E-state index contributed by atoms with van der Waals surface area (Å²) in [7, 11) is 0. The summed E-state index contributed by atoms with van der Waals surface area (Å²) in [5.74, 6) is 0.562. The van der Waals surface area contributed by atoms with E-state index in [9.17, 15) is 0 Å². The fourth-order valence-electron chi connectivity index (χ4n) is 4.23. The van der Waals surface area contributed by atoms with E-state index in [2.05, 4.69) is 46.3 Å². The Bertz CT molecular complexity index is 719. The minimum Gasteiger partial charge on any atom is -0.374 e. The quantitative estimate of drug-likeness (QED) is 0.484. The van der Waals surface area contributed by atoms with Gasteiger partial charge < -0.3 is 4.74 Å². The lowest BCUT2D eigenvalue weighted by atomic mass is 9.88. The molecule has 140 valence electrons. The molecule has 0 N–H and O–H groups in total. The van der Waals surface area contributed by atoms with Crippen molar-refractivity contribution in [2.24, 2.45) is 0 Å². The van der Waals surface area contributed by atoms with Gasteiger partial charge in [0, 0.05) is 15.4 Å². The van der Waals surface area contributed by atoms with Gasteiger partial charge >= 0.3 is 0 Å². The molecule has 1 atom stereocenters. The molecule has 3 heteroatoms. The van der Waals surface area contributed by atoms with Gasteiger partial charge in [0.15, 0.2) is 0 Å². The Morgan fingerprint density at radius 2 is 1.77 bits per heavy atom. The molecule has 1 saturated heterocycles. The Balaban J connectivity index is 0.000000948. The summed E-state index contributed by atoms with van der Waals surface area (Å²) in [6.45, 7) is 4.89. The van der Waals surface area contributed by atoms with Gasteiger partial charge in [-0.15, -0.1) is 0 Å². The first-order valence-corrected chi connectivity index (χ1v) is 11.0. The molecule has 0 radical (unpaired) electrons. The lowest BCUT2D eigenvalue weighted by molar-refractivity contribution is 0.0101. The second-order valence-electron chi connectivity index (χ2n) is 7.26. The topological polar surface area (TPSA) is 9.23 Å². The van der Waals surface area contributed by atoms with Gasteiger partial charge in [0.25, 0.3) is 0 Å². The maximum atomic E-state index is 6.31. The number of rotatable bonds is 3. The van der Waals surface area contributed by atoms with Crippen LogP contribution in [-0.4, -0.2) is 12.2 Å². The van der Waals surface area contributed by atoms with Crippen LogP contribution >= 0.6 is 27.5 Å². The molecule has 0 bridgehead atoms. The maximum absolute atomic E-state index is 6.31. The van der Waals surface area contributed by atoms with Crippen molar-refractivity contribution in [3.63, 3.8) is 0 Å². The highest BCUT2D eigenvalue weighted by Crippen LogP contribution is 2.46. The molecule has 1 heterocycles. The van der Waals surface area contributed by atoms with E-state index >= 15 is 0 Å². The molecule has 1 aliphatic carbocycles. The molecule has 2 aromatic carbocycles. The van der Waals surface area contributed by atoms with Crippen molar-refractivity contribution in [2.45, 2.75) is 63.9 Å². The van der Waals surface area contributed by atoms with Crippen molar-refractivity contribution >= 4 is 27.5 Å². The molecule has 2 aromatic rings. The smallest absolute Gasteiger partial charge is 0.0689 e. The number of benzene rings is 2. The van der Waals surface area contributed by atoms with Crippen LogP contribution in [0.25, 0.3) is 0 Å². The third-order valence-electron chi connectivity index (χ3n) is 5.58. The summed E-state index contributed by atoms with van der Waals surface area (Å²) in [5, 5.41) is 0.828. The monoisotopic (exact) mass is 434 g/mol. The summed E-state index contributed by atoms with van der Waals surface area (Å²) >= 11 is 9.84. The molecule has 0 aromatic heterocycles. The fourth-order valence-corrected chi connectivity index (χ4v) is 4.83. The highest BCUT2D eigenvalue weighted by Gasteiger charge is 2.42. The fraction of sp³-hybridized carbons (Fsp3) is 0.478. The van der Waals surface area contributed by atoms with Crippen LogP contribution < -0.4 is 0 Å². The minimum atomic E-state index is 0.202. The van der Waals surface area contributed by atoms with Crippen molar-refractivity contribution in [2.75, 3.05) is 6.61 Å². The predicted molar refractivity (Wildman–Crippen MR) is 114 cm³/mol. The summed E-state index contributed by atoms with van der Waals surface area (Å²) in [5.41, 5.74) is 4.08. The van der Waals surface area contributed by atoms with Crippen LogP contribution in [0.5, 0.6) is 0 Å². The van der Waals surface area contributed by atoms with E-state index in [0.717, 1.165) is 28.1 Å². The molecular weight excluding hydrogens is 408 g/mol. The van der Waals surface area contributed by atoms with E-state index in [-0.39, 0.29) is 5.60 Å². The minimum absolute atomic E-state index is 0.202. The average molecular weight is 436 g/mol. The Morgan fingerprint density at radius 3 is 2.46 bits per heavy atom. The van der Waals surface area contributed by atoms with Crippen LogP contribution in [0.15, 0.2) is 46.9 Å². The van der Waals surface area contributed by atoms with Crippen molar-refractivity contribution in [3.8, 4) is 0 Å². The Hall–Kier alpha value is -0.830. The number of halogens is 2. The third kappa shape index (κ3) is 4.52. The maximum Gasteiger partial charge on any atom is 0.0689 e. The number of hydrogen-bond acceptors (Lipinski definition) is 1. The van der Waals surface area contributed by atoms with E-state index in [1.165, 1.54) is 43.2 Å².